The topological polar surface area (TPSA) is 81.4 Å². The van der Waals surface area contributed by atoms with Gasteiger partial charge in [-0.15, -0.1) is 0 Å². The van der Waals surface area contributed by atoms with Gasteiger partial charge in [0, 0.05) is 11.9 Å². The monoisotopic (exact) mass is 418 g/mol. The van der Waals surface area contributed by atoms with Gasteiger partial charge in [-0.1, -0.05) is 30.3 Å². The first kappa shape index (κ1) is 20.3. The number of aromatic nitrogens is 1. The first-order valence-corrected chi connectivity index (χ1v) is 9.72. The molecule has 6 nitrogen and oxygen atoms in total. The Hall–Kier alpha value is -4.00. The van der Waals surface area contributed by atoms with Gasteiger partial charge in [-0.2, -0.15) is 0 Å². The Morgan fingerprint density at radius 3 is 2.61 bits per heavy atom. The van der Waals surface area contributed by atoms with Crippen molar-refractivity contribution in [1.29, 1.82) is 0 Å². The highest BCUT2D eigenvalue weighted by Gasteiger charge is 2.17. The van der Waals surface area contributed by atoms with Crippen molar-refractivity contribution in [2.24, 2.45) is 0 Å². The predicted molar refractivity (Wildman–Crippen MR) is 113 cm³/mol. The van der Waals surface area contributed by atoms with E-state index < -0.39 is 18.5 Å². The molecule has 0 saturated carbocycles. The number of amides is 1. The normalized spacial score (nSPS) is 10.7. The summed E-state index contributed by atoms with van der Waals surface area (Å²) < 4.78 is 23.5. The lowest BCUT2D eigenvalue weighted by molar-refractivity contribution is -0.124. The second kappa shape index (κ2) is 9.21. The highest BCUT2D eigenvalue weighted by atomic mass is 19.1. The molecule has 0 fully saturated rings. The van der Waals surface area contributed by atoms with Crippen LogP contribution in [0.2, 0.25) is 0 Å². The van der Waals surface area contributed by atoms with Crippen molar-refractivity contribution in [3.8, 4) is 11.5 Å². The number of esters is 1. The van der Waals surface area contributed by atoms with Gasteiger partial charge in [-0.3, -0.25) is 4.79 Å². The molecule has 0 saturated heterocycles. The minimum atomic E-state index is -0.625. The first-order chi connectivity index (χ1) is 15.1. The van der Waals surface area contributed by atoms with Crippen LogP contribution in [0.4, 0.5) is 4.39 Å². The molecule has 7 heteroatoms. The van der Waals surface area contributed by atoms with Crippen molar-refractivity contribution in [2.45, 2.75) is 6.42 Å². The molecule has 2 aromatic carbocycles. The SMILES string of the molecule is O=C(COC(=O)c1cc(-c2ccco2)nc2ccccc12)NCCc1ccc(F)cc1. The molecule has 0 bridgehead atoms. The highest BCUT2D eigenvalue weighted by molar-refractivity contribution is 6.05. The van der Waals surface area contributed by atoms with Gasteiger partial charge in [0.1, 0.15) is 11.5 Å². The molecule has 1 N–H and O–H groups in total. The summed E-state index contributed by atoms with van der Waals surface area (Å²) in [5.41, 5.74) is 2.31. The molecule has 0 radical (unpaired) electrons. The number of hydrogen-bond donors (Lipinski definition) is 1. The van der Waals surface area contributed by atoms with Gasteiger partial charge < -0.3 is 14.5 Å². The van der Waals surface area contributed by atoms with Crippen LogP contribution < -0.4 is 5.32 Å². The Bertz CT molecular complexity index is 1200. The Balaban J connectivity index is 1.40. The van der Waals surface area contributed by atoms with Gasteiger partial charge in [0.25, 0.3) is 5.91 Å². The molecule has 0 aliphatic carbocycles. The lowest BCUT2D eigenvalue weighted by atomic mass is 10.1. The quantitative estimate of drug-likeness (QED) is 0.456. The summed E-state index contributed by atoms with van der Waals surface area (Å²) in [7, 11) is 0. The Morgan fingerprint density at radius 1 is 1.03 bits per heavy atom. The standard InChI is InChI=1S/C24H19FN2O4/c25-17-9-7-16(8-10-17)11-12-26-23(28)15-31-24(29)19-14-21(22-6-3-13-30-22)27-20-5-2-1-4-18(19)20/h1-10,13-14H,11-12,15H2,(H,26,28). The number of nitrogens with one attached hydrogen (secondary N) is 1. The van der Waals surface area contributed by atoms with Crippen LogP contribution in [0.15, 0.2) is 77.4 Å². The van der Waals surface area contributed by atoms with Gasteiger partial charge in [0.05, 0.1) is 17.3 Å². The fraction of sp³-hybridized carbons (Fsp3) is 0.125. The van der Waals surface area contributed by atoms with Crippen LogP contribution in [0.5, 0.6) is 0 Å². The number of nitrogens with zero attached hydrogens (tertiary/aromatic N) is 1. The number of halogens is 1. The lowest BCUT2D eigenvalue weighted by Crippen LogP contribution is -2.30. The van der Waals surface area contributed by atoms with E-state index in [1.54, 1.807) is 48.5 Å². The van der Waals surface area contributed by atoms with E-state index in [1.165, 1.54) is 18.4 Å². The highest BCUT2D eigenvalue weighted by Crippen LogP contribution is 2.25. The van der Waals surface area contributed by atoms with E-state index in [9.17, 15) is 14.0 Å². The maximum absolute atomic E-state index is 12.9. The third-order valence-electron chi connectivity index (χ3n) is 4.69. The van der Waals surface area contributed by atoms with E-state index in [2.05, 4.69) is 10.3 Å². The number of ether oxygens (including phenoxy) is 1. The van der Waals surface area contributed by atoms with Crippen LogP contribution in [0, 0.1) is 5.82 Å². The van der Waals surface area contributed by atoms with Crippen LogP contribution in [0.25, 0.3) is 22.4 Å². The number of carbonyl (C=O) groups excluding carboxylic acids is 2. The average molecular weight is 418 g/mol. The second-order valence-electron chi connectivity index (χ2n) is 6.85. The Morgan fingerprint density at radius 2 is 1.84 bits per heavy atom. The lowest BCUT2D eigenvalue weighted by Gasteiger charge is -2.10. The molecule has 2 heterocycles. The van der Waals surface area contributed by atoms with Gasteiger partial charge in [0.15, 0.2) is 12.4 Å². The molecule has 31 heavy (non-hydrogen) atoms. The van der Waals surface area contributed by atoms with Crippen molar-refractivity contribution in [3.05, 3.63) is 89.9 Å². The zero-order valence-electron chi connectivity index (χ0n) is 16.5. The summed E-state index contributed by atoms with van der Waals surface area (Å²) in [5.74, 6) is -0.822. The van der Waals surface area contributed by atoms with E-state index in [4.69, 9.17) is 9.15 Å². The molecule has 2 aromatic heterocycles. The fourth-order valence-corrected chi connectivity index (χ4v) is 3.15. The van der Waals surface area contributed by atoms with Gasteiger partial charge in [-0.25, -0.2) is 14.2 Å². The molecule has 0 atom stereocenters. The molecule has 0 spiro atoms. The van der Waals surface area contributed by atoms with Crippen LogP contribution in [0.3, 0.4) is 0 Å². The predicted octanol–water partition coefficient (Wildman–Crippen LogP) is 4.15. The minimum Gasteiger partial charge on any atom is -0.463 e. The number of benzene rings is 2. The van der Waals surface area contributed by atoms with Crippen LogP contribution in [-0.4, -0.2) is 30.0 Å². The maximum atomic E-state index is 12.9. The zero-order chi connectivity index (χ0) is 21.6. The summed E-state index contributed by atoms with van der Waals surface area (Å²) in [6.45, 7) is -0.0577. The van der Waals surface area contributed by atoms with Gasteiger partial charge in [0.2, 0.25) is 0 Å². The second-order valence-corrected chi connectivity index (χ2v) is 6.85. The van der Waals surface area contributed by atoms with Crippen molar-refractivity contribution in [3.63, 3.8) is 0 Å². The molecule has 156 valence electrons. The average Bonchev–Trinajstić information content (AvgIpc) is 3.33. The molecule has 0 aliphatic heterocycles. The summed E-state index contributed by atoms with van der Waals surface area (Å²) in [4.78, 5) is 29.3. The fourth-order valence-electron chi connectivity index (χ4n) is 3.15. The largest absolute Gasteiger partial charge is 0.463 e. The van der Waals surface area contributed by atoms with Crippen molar-refractivity contribution in [2.75, 3.05) is 13.2 Å². The van der Waals surface area contributed by atoms with Crippen LogP contribution in [-0.2, 0) is 16.0 Å². The summed E-state index contributed by atoms with van der Waals surface area (Å²) >= 11 is 0. The zero-order valence-corrected chi connectivity index (χ0v) is 16.5. The smallest absolute Gasteiger partial charge is 0.339 e. The number of fused-ring (bicyclic) bond motifs is 1. The number of pyridine rings is 1. The van der Waals surface area contributed by atoms with Crippen molar-refractivity contribution >= 4 is 22.8 Å². The summed E-state index contributed by atoms with van der Waals surface area (Å²) in [5, 5.41) is 3.31. The van der Waals surface area contributed by atoms with Gasteiger partial charge >= 0.3 is 5.97 Å². The van der Waals surface area contributed by atoms with E-state index in [-0.39, 0.29) is 5.82 Å². The third-order valence-corrected chi connectivity index (χ3v) is 4.69. The van der Waals surface area contributed by atoms with Gasteiger partial charge in [-0.05, 0) is 48.4 Å². The maximum Gasteiger partial charge on any atom is 0.339 e. The van der Waals surface area contributed by atoms with E-state index in [0.29, 0.717) is 40.9 Å². The number of para-hydroxylation sites is 1. The van der Waals surface area contributed by atoms with E-state index in [0.717, 1.165) is 5.56 Å². The number of hydrogen-bond acceptors (Lipinski definition) is 5. The molecule has 0 unspecified atom stereocenters. The number of furan rings is 1. The van der Waals surface area contributed by atoms with Crippen LogP contribution >= 0.6 is 0 Å². The molecular formula is C24H19FN2O4. The van der Waals surface area contributed by atoms with E-state index in [1.807, 2.05) is 6.07 Å². The first-order valence-electron chi connectivity index (χ1n) is 9.72. The van der Waals surface area contributed by atoms with Crippen molar-refractivity contribution in [1.82, 2.24) is 10.3 Å². The Kier molecular flexibility index (Phi) is 6.03. The molecular weight excluding hydrogens is 399 g/mol. The summed E-state index contributed by atoms with van der Waals surface area (Å²) in [6, 6.07) is 18.3. The molecule has 4 aromatic rings. The van der Waals surface area contributed by atoms with E-state index >= 15 is 0 Å². The number of carbonyl (C=O) groups is 2. The summed E-state index contributed by atoms with van der Waals surface area (Å²) in [6.07, 6.45) is 2.07. The third kappa shape index (κ3) is 4.95. The Labute approximate surface area is 177 Å². The molecule has 1 amide bonds. The minimum absolute atomic E-state index is 0.302. The van der Waals surface area contributed by atoms with Crippen LogP contribution in [0.1, 0.15) is 15.9 Å². The molecule has 0 aliphatic rings. The number of rotatable bonds is 7. The molecule has 4 rings (SSSR count). The van der Waals surface area contributed by atoms with Crippen molar-refractivity contribution < 1.29 is 23.1 Å².